The van der Waals surface area contributed by atoms with Gasteiger partial charge in [0.2, 0.25) is 0 Å². The molecule has 0 bridgehead atoms. The van der Waals surface area contributed by atoms with Crippen molar-refractivity contribution in [1.29, 1.82) is 0 Å². The molecule has 20 heavy (non-hydrogen) atoms. The Hall–Kier alpha value is -1.91. The van der Waals surface area contributed by atoms with Gasteiger partial charge in [0, 0.05) is 23.2 Å². The Labute approximate surface area is 122 Å². The van der Waals surface area contributed by atoms with Gasteiger partial charge in [0.25, 0.3) is 5.69 Å². The Morgan fingerprint density at radius 1 is 1.25 bits per heavy atom. The molecule has 104 valence electrons. The maximum absolute atomic E-state index is 10.6. The molecule has 4 nitrogen and oxygen atoms in total. The molecule has 1 unspecified atom stereocenters. The van der Waals surface area contributed by atoms with Crippen LogP contribution in [0.5, 0.6) is 0 Å². The largest absolute Gasteiger partial charge is 0.324 e. The van der Waals surface area contributed by atoms with Crippen molar-refractivity contribution in [1.82, 2.24) is 0 Å². The van der Waals surface area contributed by atoms with Crippen LogP contribution < -0.4 is 5.73 Å². The van der Waals surface area contributed by atoms with Gasteiger partial charge >= 0.3 is 0 Å². The van der Waals surface area contributed by atoms with Gasteiger partial charge in [0.15, 0.2) is 0 Å². The van der Waals surface area contributed by atoms with E-state index in [1.165, 1.54) is 12.1 Å². The van der Waals surface area contributed by atoms with Crippen molar-refractivity contribution >= 4 is 17.3 Å². The first kappa shape index (κ1) is 14.5. The summed E-state index contributed by atoms with van der Waals surface area (Å²) in [7, 11) is 0. The van der Waals surface area contributed by atoms with E-state index in [-0.39, 0.29) is 11.7 Å². The number of non-ortho nitro benzene ring substituents is 1. The molecule has 0 aliphatic heterocycles. The van der Waals surface area contributed by atoms with Crippen LogP contribution in [0.1, 0.15) is 22.7 Å². The van der Waals surface area contributed by atoms with Crippen molar-refractivity contribution in [2.45, 2.75) is 19.4 Å². The summed E-state index contributed by atoms with van der Waals surface area (Å²) < 4.78 is 0. The van der Waals surface area contributed by atoms with Gasteiger partial charge in [-0.25, -0.2) is 0 Å². The maximum Gasteiger partial charge on any atom is 0.269 e. The summed E-state index contributed by atoms with van der Waals surface area (Å²) >= 11 is 5.92. The molecule has 0 aliphatic rings. The average molecular weight is 291 g/mol. The molecule has 0 amide bonds. The van der Waals surface area contributed by atoms with E-state index >= 15 is 0 Å². The zero-order valence-electron chi connectivity index (χ0n) is 11.0. The number of nitro benzene ring substituents is 1. The molecule has 0 heterocycles. The average Bonchev–Trinajstić information content (AvgIpc) is 2.39. The van der Waals surface area contributed by atoms with Gasteiger partial charge in [-0.15, -0.1) is 0 Å². The van der Waals surface area contributed by atoms with Crippen molar-refractivity contribution in [2.24, 2.45) is 5.73 Å². The van der Waals surface area contributed by atoms with Crippen molar-refractivity contribution in [3.05, 3.63) is 74.3 Å². The van der Waals surface area contributed by atoms with Gasteiger partial charge in [-0.1, -0.05) is 29.8 Å². The topological polar surface area (TPSA) is 69.2 Å². The standard InChI is InChI=1S/C15H15ClN2O2/c1-10-8-12(16)4-7-14(10)15(17)9-11-2-5-13(6-3-11)18(19)20/h2-8,15H,9,17H2,1H3. The Kier molecular flexibility index (Phi) is 4.37. The Morgan fingerprint density at radius 3 is 2.45 bits per heavy atom. The number of halogens is 1. The zero-order chi connectivity index (χ0) is 14.7. The van der Waals surface area contributed by atoms with Crippen molar-refractivity contribution in [3.63, 3.8) is 0 Å². The van der Waals surface area contributed by atoms with Gasteiger partial charge in [-0.3, -0.25) is 10.1 Å². The minimum atomic E-state index is -0.410. The second-order valence-electron chi connectivity index (χ2n) is 4.74. The summed E-state index contributed by atoms with van der Waals surface area (Å²) in [5.74, 6) is 0. The van der Waals surface area contributed by atoms with Crippen LogP contribution in [0, 0.1) is 17.0 Å². The molecule has 0 fully saturated rings. The number of nitrogens with zero attached hydrogens (tertiary/aromatic N) is 1. The number of rotatable bonds is 4. The quantitative estimate of drug-likeness (QED) is 0.688. The first-order valence-electron chi connectivity index (χ1n) is 6.22. The predicted molar refractivity (Wildman–Crippen MR) is 79.9 cm³/mol. The van der Waals surface area contributed by atoms with E-state index in [1.54, 1.807) is 12.1 Å². The van der Waals surface area contributed by atoms with E-state index in [0.717, 1.165) is 16.7 Å². The summed E-state index contributed by atoms with van der Waals surface area (Å²) in [6, 6.07) is 11.9. The van der Waals surface area contributed by atoms with Crippen LogP contribution in [0.2, 0.25) is 5.02 Å². The number of hydrogen-bond acceptors (Lipinski definition) is 3. The molecular weight excluding hydrogens is 276 g/mol. The molecule has 1 atom stereocenters. The van der Waals surface area contributed by atoms with Crippen LogP contribution in [0.3, 0.4) is 0 Å². The Balaban J connectivity index is 2.14. The van der Waals surface area contributed by atoms with Gasteiger partial charge in [0.1, 0.15) is 0 Å². The maximum atomic E-state index is 10.6. The summed E-state index contributed by atoms with van der Waals surface area (Å²) in [4.78, 5) is 10.2. The lowest BCUT2D eigenvalue weighted by Crippen LogP contribution is -2.14. The van der Waals surface area contributed by atoms with E-state index in [9.17, 15) is 10.1 Å². The molecule has 2 N–H and O–H groups in total. The third-order valence-corrected chi connectivity index (χ3v) is 3.47. The highest BCUT2D eigenvalue weighted by Gasteiger charge is 2.11. The van der Waals surface area contributed by atoms with Crippen LogP contribution in [-0.2, 0) is 6.42 Å². The molecule has 0 saturated heterocycles. The molecule has 0 spiro atoms. The lowest BCUT2D eigenvalue weighted by Gasteiger charge is -2.15. The summed E-state index contributed by atoms with van der Waals surface area (Å²) in [5.41, 5.74) is 9.34. The molecule has 0 aromatic heterocycles. The highest BCUT2D eigenvalue weighted by atomic mass is 35.5. The molecule has 0 radical (unpaired) electrons. The second-order valence-corrected chi connectivity index (χ2v) is 5.17. The fourth-order valence-corrected chi connectivity index (χ4v) is 2.40. The van der Waals surface area contributed by atoms with E-state index in [2.05, 4.69) is 0 Å². The van der Waals surface area contributed by atoms with E-state index < -0.39 is 4.92 Å². The lowest BCUT2D eigenvalue weighted by molar-refractivity contribution is -0.384. The lowest BCUT2D eigenvalue weighted by atomic mass is 9.96. The van der Waals surface area contributed by atoms with Crippen LogP contribution in [-0.4, -0.2) is 4.92 Å². The van der Waals surface area contributed by atoms with E-state index in [0.29, 0.717) is 11.4 Å². The summed E-state index contributed by atoms with van der Waals surface area (Å²) in [5, 5.41) is 11.3. The predicted octanol–water partition coefficient (Wildman–Crippen LogP) is 3.80. The molecule has 2 aromatic carbocycles. The van der Waals surface area contributed by atoms with Crippen LogP contribution in [0.4, 0.5) is 5.69 Å². The number of hydrogen-bond donors (Lipinski definition) is 1. The fraction of sp³-hybridized carbons (Fsp3) is 0.200. The Morgan fingerprint density at radius 2 is 1.90 bits per heavy atom. The normalized spacial score (nSPS) is 12.2. The van der Waals surface area contributed by atoms with Gasteiger partial charge in [0.05, 0.1) is 4.92 Å². The van der Waals surface area contributed by atoms with Crippen molar-refractivity contribution in [2.75, 3.05) is 0 Å². The molecule has 2 aromatic rings. The number of aryl methyl sites for hydroxylation is 1. The fourth-order valence-electron chi connectivity index (χ4n) is 2.17. The zero-order valence-corrected chi connectivity index (χ0v) is 11.8. The third kappa shape index (κ3) is 3.35. The molecule has 2 rings (SSSR count). The first-order chi connectivity index (χ1) is 9.47. The molecular formula is C15H15ClN2O2. The highest BCUT2D eigenvalue weighted by molar-refractivity contribution is 6.30. The first-order valence-corrected chi connectivity index (χ1v) is 6.60. The van der Waals surface area contributed by atoms with Crippen LogP contribution in [0.25, 0.3) is 0 Å². The van der Waals surface area contributed by atoms with Gasteiger partial charge < -0.3 is 5.73 Å². The Bertz CT molecular complexity index is 626. The summed E-state index contributed by atoms with van der Waals surface area (Å²) in [6.07, 6.45) is 0.625. The number of nitrogens with two attached hydrogens (primary N) is 1. The second kappa shape index (κ2) is 6.03. The van der Waals surface area contributed by atoms with E-state index in [4.69, 9.17) is 17.3 Å². The van der Waals surface area contributed by atoms with Gasteiger partial charge in [-0.05, 0) is 42.2 Å². The molecule has 5 heteroatoms. The minimum Gasteiger partial charge on any atom is -0.324 e. The van der Waals surface area contributed by atoms with Crippen molar-refractivity contribution < 1.29 is 4.92 Å². The number of nitro groups is 1. The molecule has 0 aliphatic carbocycles. The third-order valence-electron chi connectivity index (χ3n) is 3.23. The minimum absolute atomic E-state index is 0.0880. The smallest absolute Gasteiger partial charge is 0.269 e. The monoisotopic (exact) mass is 290 g/mol. The SMILES string of the molecule is Cc1cc(Cl)ccc1C(N)Cc1ccc([N+](=O)[O-])cc1. The van der Waals surface area contributed by atoms with Crippen LogP contribution >= 0.6 is 11.6 Å². The van der Waals surface area contributed by atoms with E-state index in [1.807, 2.05) is 25.1 Å². The van der Waals surface area contributed by atoms with Gasteiger partial charge in [-0.2, -0.15) is 0 Å². The van der Waals surface area contributed by atoms with Crippen molar-refractivity contribution in [3.8, 4) is 0 Å². The highest BCUT2D eigenvalue weighted by Crippen LogP contribution is 2.23. The number of benzene rings is 2. The molecule has 0 saturated carbocycles. The van der Waals surface area contributed by atoms with Crippen LogP contribution in [0.15, 0.2) is 42.5 Å². The summed E-state index contributed by atoms with van der Waals surface area (Å²) in [6.45, 7) is 1.97.